The van der Waals surface area contributed by atoms with Gasteiger partial charge in [-0.3, -0.25) is 4.79 Å². The van der Waals surface area contributed by atoms with Crippen molar-refractivity contribution in [2.75, 3.05) is 52.4 Å². The molecule has 7 heteroatoms. The third kappa shape index (κ3) is 38.6. The quantitative estimate of drug-likeness (QED) is 0.0884. The van der Waals surface area contributed by atoms with Crippen LogP contribution in [0.15, 0.2) is 12.2 Å². The molecule has 0 bridgehead atoms. The number of hydrogen-bond acceptors (Lipinski definition) is 6. The number of rotatable bonds is 25. The number of allylic oxidation sites excluding steroid dienone is 2. The molecule has 0 aliphatic rings. The minimum absolute atomic E-state index is 0.332. The van der Waals surface area contributed by atoms with E-state index in [0.29, 0.717) is 19.5 Å². The summed E-state index contributed by atoms with van der Waals surface area (Å²) >= 11 is 0. The molecule has 0 atom stereocenters. The van der Waals surface area contributed by atoms with Gasteiger partial charge in [-0.2, -0.15) is 0 Å². The molecule has 198 valence electrons. The first kappa shape index (κ1) is 34.2. The van der Waals surface area contributed by atoms with E-state index >= 15 is 0 Å². The number of nitrogens with one attached hydrogen (secondary N) is 3. The topological polar surface area (TPSA) is 125 Å². The number of carboxylic acid groups (broad SMARTS) is 1. The lowest BCUT2D eigenvalue weighted by Crippen LogP contribution is -2.35. The van der Waals surface area contributed by atoms with E-state index in [9.17, 15) is 4.79 Å². The van der Waals surface area contributed by atoms with E-state index in [1.54, 1.807) is 0 Å². The monoisotopic (exact) mass is 471 g/mol. The molecule has 0 spiro atoms. The standard InChI is InChI=1S/C18H34O2.C8H23N5/c1-2-3-4-5-6-7-8-9-10-11-12-13-14-15-16-17-18(19)20;9-1-3-11-5-7-13-8-6-12-4-2-10/h9-10H,2-8,11-17H2,1H3,(H,19,20);11-13H,1-10H2/b10-9-;. The molecule has 8 N–H and O–H groups in total. The summed E-state index contributed by atoms with van der Waals surface area (Å²) in [6, 6.07) is 0. The average Bonchev–Trinajstić information content (AvgIpc) is 2.81. The van der Waals surface area contributed by atoms with E-state index in [4.69, 9.17) is 16.6 Å². The van der Waals surface area contributed by atoms with Crippen LogP contribution in [0, 0.1) is 0 Å². The van der Waals surface area contributed by atoms with Gasteiger partial charge >= 0.3 is 5.97 Å². The van der Waals surface area contributed by atoms with Gasteiger partial charge in [0.05, 0.1) is 0 Å². The van der Waals surface area contributed by atoms with E-state index in [2.05, 4.69) is 35.0 Å². The highest BCUT2D eigenvalue weighted by atomic mass is 16.4. The Hall–Kier alpha value is -0.990. The zero-order chi connectivity index (χ0) is 24.7. The van der Waals surface area contributed by atoms with Crippen molar-refractivity contribution in [1.82, 2.24) is 16.0 Å². The number of carbonyl (C=O) groups is 1. The molecule has 0 aliphatic carbocycles. The van der Waals surface area contributed by atoms with Gasteiger partial charge in [-0.15, -0.1) is 0 Å². The fourth-order valence-electron chi connectivity index (χ4n) is 3.28. The second-order valence-electron chi connectivity index (χ2n) is 8.56. The molecule has 0 saturated heterocycles. The van der Waals surface area contributed by atoms with Crippen molar-refractivity contribution in [3.05, 3.63) is 12.2 Å². The number of aliphatic carboxylic acids is 1. The summed E-state index contributed by atoms with van der Waals surface area (Å²) in [6.07, 6.45) is 21.2. The molecule has 0 amide bonds. The molecule has 0 aromatic heterocycles. The summed E-state index contributed by atoms with van der Waals surface area (Å²) in [5.74, 6) is -0.664. The van der Waals surface area contributed by atoms with E-state index < -0.39 is 5.97 Å². The molecule has 0 heterocycles. The van der Waals surface area contributed by atoms with Crippen LogP contribution in [0.25, 0.3) is 0 Å². The van der Waals surface area contributed by atoms with E-state index in [1.807, 2.05) is 0 Å². The average molecular weight is 472 g/mol. The lowest BCUT2D eigenvalue weighted by atomic mass is 10.1. The van der Waals surface area contributed by atoms with Crippen LogP contribution in [-0.4, -0.2) is 63.4 Å². The summed E-state index contributed by atoms with van der Waals surface area (Å²) in [6.45, 7) is 9.40. The summed E-state index contributed by atoms with van der Waals surface area (Å²) in [5, 5.41) is 18.2. The van der Waals surface area contributed by atoms with Gasteiger partial charge in [0.25, 0.3) is 0 Å². The first-order chi connectivity index (χ1) is 16.2. The Bertz CT molecular complexity index is 385. The molecule has 0 saturated carbocycles. The second kappa shape index (κ2) is 33.2. The van der Waals surface area contributed by atoms with Gasteiger partial charge in [-0.05, 0) is 32.1 Å². The Morgan fingerprint density at radius 2 is 1.03 bits per heavy atom. The third-order valence-electron chi connectivity index (χ3n) is 5.25. The fraction of sp³-hybridized carbons (Fsp3) is 0.885. The van der Waals surface area contributed by atoms with E-state index in [1.165, 1.54) is 70.6 Å². The molecular weight excluding hydrogens is 414 g/mol. The van der Waals surface area contributed by atoms with Crippen molar-refractivity contribution in [2.45, 2.75) is 96.8 Å². The van der Waals surface area contributed by atoms with Gasteiger partial charge in [0.15, 0.2) is 0 Å². The van der Waals surface area contributed by atoms with Crippen molar-refractivity contribution in [3.63, 3.8) is 0 Å². The Balaban J connectivity index is 0. The summed E-state index contributed by atoms with van der Waals surface area (Å²) in [7, 11) is 0. The lowest BCUT2D eigenvalue weighted by molar-refractivity contribution is -0.137. The van der Waals surface area contributed by atoms with Crippen molar-refractivity contribution >= 4 is 5.97 Å². The maximum absolute atomic E-state index is 10.3. The van der Waals surface area contributed by atoms with Crippen LogP contribution in [0.2, 0.25) is 0 Å². The third-order valence-corrected chi connectivity index (χ3v) is 5.25. The summed E-state index contributed by atoms with van der Waals surface area (Å²) < 4.78 is 0. The summed E-state index contributed by atoms with van der Waals surface area (Å²) in [5.41, 5.74) is 10.6. The Kier molecular flexibility index (Phi) is 34.4. The second-order valence-corrected chi connectivity index (χ2v) is 8.56. The Morgan fingerprint density at radius 3 is 1.45 bits per heavy atom. The van der Waals surface area contributed by atoms with Crippen LogP contribution in [0.3, 0.4) is 0 Å². The Labute approximate surface area is 204 Å². The van der Waals surface area contributed by atoms with Gasteiger partial charge < -0.3 is 32.5 Å². The minimum atomic E-state index is -0.664. The normalized spacial score (nSPS) is 11.0. The van der Waals surface area contributed by atoms with Crippen LogP contribution in [0.5, 0.6) is 0 Å². The molecule has 0 rings (SSSR count). The molecule has 0 aliphatic heterocycles. The van der Waals surface area contributed by atoms with Crippen molar-refractivity contribution in [3.8, 4) is 0 Å². The lowest BCUT2D eigenvalue weighted by Gasteiger charge is -2.06. The van der Waals surface area contributed by atoms with Gasteiger partial charge in [-0.1, -0.05) is 70.4 Å². The van der Waals surface area contributed by atoms with E-state index in [0.717, 1.165) is 52.1 Å². The van der Waals surface area contributed by atoms with Crippen LogP contribution >= 0.6 is 0 Å². The van der Waals surface area contributed by atoms with E-state index in [-0.39, 0.29) is 0 Å². The highest BCUT2D eigenvalue weighted by Crippen LogP contribution is 2.09. The predicted octanol–water partition coefficient (Wildman–Crippen LogP) is 3.78. The molecule has 0 radical (unpaired) electrons. The molecule has 0 aromatic rings. The molecule has 33 heavy (non-hydrogen) atoms. The molecule has 0 fully saturated rings. The zero-order valence-electron chi connectivity index (χ0n) is 21.7. The van der Waals surface area contributed by atoms with Gasteiger partial charge in [-0.25, -0.2) is 0 Å². The fourth-order valence-corrected chi connectivity index (χ4v) is 3.28. The maximum Gasteiger partial charge on any atom is 0.303 e. The van der Waals surface area contributed by atoms with Crippen LogP contribution in [-0.2, 0) is 4.79 Å². The molecular formula is C26H57N5O2. The number of nitrogens with two attached hydrogens (primary N) is 2. The molecule has 0 unspecified atom stereocenters. The number of unbranched alkanes of at least 4 members (excludes halogenated alkanes) is 11. The van der Waals surface area contributed by atoms with Gasteiger partial charge in [0.2, 0.25) is 0 Å². The number of hydrogen-bond donors (Lipinski definition) is 6. The van der Waals surface area contributed by atoms with Crippen LogP contribution in [0.1, 0.15) is 96.8 Å². The van der Waals surface area contributed by atoms with Crippen molar-refractivity contribution in [1.29, 1.82) is 0 Å². The largest absolute Gasteiger partial charge is 0.481 e. The Morgan fingerprint density at radius 1 is 0.636 bits per heavy atom. The van der Waals surface area contributed by atoms with Crippen LogP contribution in [0.4, 0.5) is 0 Å². The van der Waals surface area contributed by atoms with Crippen molar-refractivity contribution < 1.29 is 9.90 Å². The van der Waals surface area contributed by atoms with Gasteiger partial charge in [0, 0.05) is 58.8 Å². The SMILES string of the molecule is CCCCCCCC/C=C\CCCCCCCC(=O)O.NCCNCCNCCNCCN. The molecule has 0 aromatic carbocycles. The highest BCUT2D eigenvalue weighted by molar-refractivity contribution is 5.66. The first-order valence-electron chi connectivity index (χ1n) is 13.6. The van der Waals surface area contributed by atoms with Gasteiger partial charge in [0.1, 0.15) is 0 Å². The zero-order valence-corrected chi connectivity index (χ0v) is 21.7. The minimum Gasteiger partial charge on any atom is -0.481 e. The first-order valence-corrected chi connectivity index (χ1v) is 13.6. The predicted molar refractivity (Wildman–Crippen MR) is 144 cm³/mol. The smallest absolute Gasteiger partial charge is 0.303 e. The molecule has 7 nitrogen and oxygen atoms in total. The highest BCUT2D eigenvalue weighted by Gasteiger charge is 1.96. The van der Waals surface area contributed by atoms with Crippen LogP contribution < -0.4 is 27.4 Å². The summed E-state index contributed by atoms with van der Waals surface area (Å²) in [4.78, 5) is 10.3. The van der Waals surface area contributed by atoms with Crippen molar-refractivity contribution in [2.24, 2.45) is 11.5 Å². The number of carboxylic acids is 1. The maximum atomic E-state index is 10.3.